The molecule has 9 heteroatoms. The molecule has 1 atom stereocenters. The SMILES string of the molecule is CC(C)[C@@](C)(C#N)NC(=O)CSc1nc2c(cnn2-c2ccccc2)c(=O)[nH]1. The number of H-pyrrole nitrogens is 1. The predicted octanol–water partition coefficient (Wildman–Crippen LogP) is 2.26. The molecule has 1 amide bonds. The Labute approximate surface area is 166 Å². The maximum atomic E-state index is 12.3. The van der Waals surface area contributed by atoms with Gasteiger partial charge >= 0.3 is 0 Å². The monoisotopic (exact) mass is 396 g/mol. The van der Waals surface area contributed by atoms with Gasteiger partial charge in [-0.1, -0.05) is 43.8 Å². The molecule has 8 nitrogen and oxygen atoms in total. The van der Waals surface area contributed by atoms with Crippen molar-refractivity contribution in [2.45, 2.75) is 31.5 Å². The lowest BCUT2D eigenvalue weighted by Crippen LogP contribution is -2.49. The fourth-order valence-electron chi connectivity index (χ4n) is 2.49. The van der Waals surface area contributed by atoms with Gasteiger partial charge in [-0.25, -0.2) is 9.67 Å². The van der Waals surface area contributed by atoms with Crippen LogP contribution in [0.2, 0.25) is 0 Å². The zero-order chi connectivity index (χ0) is 20.3. The molecule has 0 saturated heterocycles. The largest absolute Gasteiger partial charge is 0.337 e. The van der Waals surface area contributed by atoms with E-state index in [4.69, 9.17) is 0 Å². The third-order valence-corrected chi connectivity index (χ3v) is 5.42. The highest BCUT2D eigenvalue weighted by atomic mass is 32.2. The van der Waals surface area contributed by atoms with Crippen LogP contribution in [-0.4, -0.2) is 36.9 Å². The number of para-hydroxylation sites is 1. The van der Waals surface area contributed by atoms with Crippen LogP contribution in [0.3, 0.4) is 0 Å². The fraction of sp³-hybridized carbons (Fsp3) is 0.316. The average molecular weight is 396 g/mol. The van der Waals surface area contributed by atoms with Crippen molar-refractivity contribution in [1.29, 1.82) is 5.26 Å². The Morgan fingerprint density at radius 2 is 2.11 bits per heavy atom. The van der Waals surface area contributed by atoms with Gasteiger partial charge in [-0.15, -0.1) is 0 Å². The van der Waals surface area contributed by atoms with Gasteiger partial charge in [0.25, 0.3) is 5.56 Å². The summed E-state index contributed by atoms with van der Waals surface area (Å²) >= 11 is 1.10. The number of hydrogen-bond donors (Lipinski definition) is 2. The molecule has 0 aliphatic rings. The molecule has 0 aliphatic carbocycles. The summed E-state index contributed by atoms with van der Waals surface area (Å²) in [5, 5.41) is 17.0. The number of hydrogen-bond acceptors (Lipinski definition) is 6. The number of nitrogens with zero attached hydrogens (tertiary/aromatic N) is 4. The lowest BCUT2D eigenvalue weighted by Gasteiger charge is -2.27. The molecule has 28 heavy (non-hydrogen) atoms. The highest BCUT2D eigenvalue weighted by molar-refractivity contribution is 7.99. The van der Waals surface area contributed by atoms with Crippen molar-refractivity contribution < 1.29 is 4.79 Å². The van der Waals surface area contributed by atoms with E-state index in [1.807, 2.05) is 44.2 Å². The zero-order valence-electron chi connectivity index (χ0n) is 15.8. The molecule has 0 spiro atoms. The molecule has 3 aromatic rings. The van der Waals surface area contributed by atoms with Crippen molar-refractivity contribution in [3.8, 4) is 11.8 Å². The minimum absolute atomic E-state index is 0.0257. The Kier molecular flexibility index (Phi) is 5.51. The Hall–Kier alpha value is -3.12. The van der Waals surface area contributed by atoms with E-state index in [1.54, 1.807) is 11.6 Å². The molecular formula is C19H20N6O2S. The summed E-state index contributed by atoms with van der Waals surface area (Å²) in [7, 11) is 0. The number of nitrogens with one attached hydrogen (secondary N) is 2. The number of thioether (sulfide) groups is 1. The van der Waals surface area contributed by atoms with Crippen molar-refractivity contribution >= 4 is 28.7 Å². The number of carbonyl (C=O) groups excluding carboxylic acids is 1. The van der Waals surface area contributed by atoms with Gasteiger partial charge in [0.2, 0.25) is 5.91 Å². The number of fused-ring (bicyclic) bond motifs is 1. The Morgan fingerprint density at radius 1 is 1.39 bits per heavy atom. The number of amides is 1. The van der Waals surface area contributed by atoms with Gasteiger partial charge in [-0.2, -0.15) is 10.4 Å². The number of benzene rings is 1. The molecule has 2 aromatic heterocycles. The lowest BCUT2D eigenvalue weighted by molar-refractivity contribution is -0.120. The van der Waals surface area contributed by atoms with Gasteiger partial charge in [0.1, 0.15) is 10.9 Å². The van der Waals surface area contributed by atoms with E-state index in [1.165, 1.54) is 6.20 Å². The average Bonchev–Trinajstić information content (AvgIpc) is 3.11. The molecule has 0 radical (unpaired) electrons. The summed E-state index contributed by atoms with van der Waals surface area (Å²) in [4.78, 5) is 31.7. The second-order valence-electron chi connectivity index (χ2n) is 6.81. The van der Waals surface area contributed by atoms with E-state index >= 15 is 0 Å². The van der Waals surface area contributed by atoms with E-state index in [0.29, 0.717) is 16.2 Å². The van der Waals surface area contributed by atoms with Crippen LogP contribution < -0.4 is 10.9 Å². The molecule has 1 aromatic carbocycles. The van der Waals surface area contributed by atoms with E-state index in [-0.39, 0.29) is 23.1 Å². The van der Waals surface area contributed by atoms with Crippen LogP contribution in [0.25, 0.3) is 16.7 Å². The first-order valence-corrected chi connectivity index (χ1v) is 9.71. The van der Waals surface area contributed by atoms with Crippen molar-refractivity contribution in [2.75, 3.05) is 5.75 Å². The fourth-order valence-corrected chi connectivity index (χ4v) is 3.14. The summed E-state index contributed by atoms with van der Waals surface area (Å²) in [5.41, 5.74) is -0.0685. The summed E-state index contributed by atoms with van der Waals surface area (Å²) < 4.78 is 1.58. The molecular weight excluding hydrogens is 376 g/mol. The molecule has 0 fully saturated rings. The Balaban J connectivity index is 1.82. The molecule has 0 bridgehead atoms. The second kappa shape index (κ2) is 7.86. The maximum absolute atomic E-state index is 12.3. The first-order chi connectivity index (χ1) is 13.3. The molecule has 0 saturated carbocycles. The van der Waals surface area contributed by atoms with Crippen LogP contribution >= 0.6 is 11.8 Å². The van der Waals surface area contributed by atoms with Crippen molar-refractivity contribution in [3.63, 3.8) is 0 Å². The molecule has 0 unspecified atom stereocenters. The van der Waals surface area contributed by atoms with Crippen LogP contribution in [-0.2, 0) is 4.79 Å². The van der Waals surface area contributed by atoms with Crippen LogP contribution in [0.15, 0.2) is 46.5 Å². The summed E-state index contributed by atoms with van der Waals surface area (Å²) in [6.07, 6.45) is 1.47. The molecule has 2 heterocycles. The quantitative estimate of drug-likeness (QED) is 0.488. The highest BCUT2D eigenvalue weighted by Crippen LogP contribution is 2.19. The van der Waals surface area contributed by atoms with E-state index in [0.717, 1.165) is 17.4 Å². The first kappa shape index (κ1) is 19.6. The Bertz CT molecular complexity index is 1100. The minimum atomic E-state index is -0.950. The van der Waals surface area contributed by atoms with Gasteiger partial charge in [0.15, 0.2) is 10.8 Å². The van der Waals surface area contributed by atoms with Crippen molar-refractivity contribution in [3.05, 3.63) is 46.9 Å². The second-order valence-corrected chi connectivity index (χ2v) is 7.77. The Morgan fingerprint density at radius 3 is 2.75 bits per heavy atom. The van der Waals surface area contributed by atoms with Crippen molar-refractivity contribution in [2.24, 2.45) is 5.92 Å². The van der Waals surface area contributed by atoms with Crippen molar-refractivity contribution in [1.82, 2.24) is 25.1 Å². The molecule has 2 N–H and O–H groups in total. The number of aromatic nitrogens is 4. The predicted molar refractivity (Wildman–Crippen MR) is 107 cm³/mol. The van der Waals surface area contributed by atoms with Gasteiger partial charge < -0.3 is 10.3 Å². The lowest BCUT2D eigenvalue weighted by atomic mass is 9.90. The smallest absolute Gasteiger partial charge is 0.262 e. The van der Waals surface area contributed by atoms with Gasteiger partial charge in [0.05, 0.1) is 23.7 Å². The van der Waals surface area contributed by atoms with E-state index in [9.17, 15) is 14.9 Å². The number of nitriles is 1. The standard InChI is InChI=1S/C19H20N6O2S/c1-12(2)19(3,11-20)24-15(26)10-28-18-22-16-14(17(27)23-18)9-21-25(16)13-7-5-4-6-8-13/h4-9,12H,10H2,1-3H3,(H,24,26)(H,22,23,27)/t19-/m1/s1. The van der Waals surface area contributed by atoms with E-state index in [2.05, 4.69) is 26.5 Å². The summed E-state index contributed by atoms with van der Waals surface area (Å²) in [6.45, 7) is 5.42. The highest BCUT2D eigenvalue weighted by Gasteiger charge is 2.29. The molecule has 3 rings (SSSR count). The van der Waals surface area contributed by atoms with Crippen LogP contribution in [0.1, 0.15) is 20.8 Å². The zero-order valence-corrected chi connectivity index (χ0v) is 16.6. The normalized spacial score (nSPS) is 13.2. The van der Waals surface area contributed by atoms with Gasteiger partial charge in [-0.3, -0.25) is 9.59 Å². The van der Waals surface area contributed by atoms with Crippen LogP contribution in [0.5, 0.6) is 0 Å². The number of aromatic amines is 1. The number of rotatable bonds is 6. The third kappa shape index (κ3) is 3.92. The summed E-state index contributed by atoms with van der Waals surface area (Å²) in [6, 6.07) is 11.5. The molecule has 144 valence electrons. The van der Waals surface area contributed by atoms with Crippen LogP contribution in [0, 0.1) is 17.2 Å². The maximum Gasteiger partial charge on any atom is 0.262 e. The van der Waals surface area contributed by atoms with Gasteiger partial charge in [-0.05, 0) is 25.0 Å². The first-order valence-electron chi connectivity index (χ1n) is 8.72. The molecule has 0 aliphatic heterocycles. The minimum Gasteiger partial charge on any atom is -0.337 e. The topological polar surface area (TPSA) is 116 Å². The van der Waals surface area contributed by atoms with E-state index < -0.39 is 5.54 Å². The third-order valence-electron chi connectivity index (χ3n) is 4.54. The van der Waals surface area contributed by atoms with Crippen LogP contribution in [0.4, 0.5) is 0 Å². The van der Waals surface area contributed by atoms with Gasteiger partial charge in [0, 0.05) is 0 Å². The number of carbonyl (C=O) groups is 1. The summed E-state index contributed by atoms with van der Waals surface area (Å²) in [5.74, 6) is -0.319.